The molecule has 0 saturated heterocycles. The third-order valence-electron chi connectivity index (χ3n) is 4.01. The lowest BCUT2D eigenvalue weighted by Gasteiger charge is -2.18. The van der Waals surface area contributed by atoms with Crippen molar-refractivity contribution in [3.8, 4) is 0 Å². The van der Waals surface area contributed by atoms with E-state index in [2.05, 4.69) is 37.4 Å². The first-order chi connectivity index (χ1) is 9.08. The first-order valence-corrected chi connectivity index (χ1v) is 7.10. The minimum Gasteiger partial charge on any atom is -0.392 e. The summed E-state index contributed by atoms with van der Waals surface area (Å²) in [6.07, 6.45) is 2.07. The topological polar surface area (TPSA) is 49.3 Å². The Balaban J connectivity index is 1.86. The molecule has 1 aliphatic rings. The lowest BCUT2D eigenvalue weighted by atomic mass is 9.98. The van der Waals surface area contributed by atoms with Gasteiger partial charge < -0.3 is 10.4 Å². The molecule has 3 atom stereocenters. The Kier molecular flexibility index (Phi) is 4.59. The summed E-state index contributed by atoms with van der Waals surface area (Å²) in [7, 11) is 0. The summed E-state index contributed by atoms with van der Waals surface area (Å²) < 4.78 is 0. The molecular formula is C16H23NO2. The molecule has 2 N–H and O–H groups in total. The van der Waals surface area contributed by atoms with Crippen molar-refractivity contribution in [2.45, 2.75) is 45.1 Å². The van der Waals surface area contributed by atoms with Gasteiger partial charge in [-0.3, -0.25) is 4.79 Å². The monoisotopic (exact) mass is 261 g/mol. The van der Waals surface area contributed by atoms with E-state index >= 15 is 0 Å². The van der Waals surface area contributed by atoms with Crippen LogP contribution in [0.1, 0.15) is 43.2 Å². The molecule has 0 radical (unpaired) electrons. The molecule has 3 unspecified atom stereocenters. The number of benzene rings is 1. The molecule has 19 heavy (non-hydrogen) atoms. The van der Waals surface area contributed by atoms with Gasteiger partial charge in [0.15, 0.2) is 0 Å². The normalized spacial score (nSPS) is 24.2. The third-order valence-corrected chi connectivity index (χ3v) is 4.01. The molecule has 1 saturated carbocycles. The van der Waals surface area contributed by atoms with Crippen molar-refractivity contribution in [1.82, 2.24) is 5.32 Å². The summed E-state index contributed by atoms with van der Waals surface area (Å²) in [5.41, 5.74) is 2.48. The van der Waals surface area contributed by atoms with Gasteiger partial charge in [-0.1, -0.05) is 36.8 Å². The Morgan fingerprint density at radius 2 is 2.26 bits per heavy atom. The van der Waals surface area contributed by atoms with Crippen molar-refractivity contribution >= 4 is 5.91 Å². The molecule has 0 aromatic heterocycles. The van der Waals surface area contributed by atoms with Crippen LogP contribution in [0.4, 0.5) is 0 Å². The van der Waals surface area contributed by atoms with Gasteiger partial charge in [0.1, 0.15) is 0 Å². The van der Waals surface area contributed by atoms with Gasteiger partial charge in [0.25, 0.3) is 0 Å². The average Bonchev–Trinajstić information content (AvgIpc) is 2.82. The Morgan fingerprint density at radius 3 is 2.89 bits per heavy atom. The highest BCUT2D eigenvalue weighted by atomic mass is 16.3. The predicted octanol–water partition coefficient (Wildman–Crippen LogP) is 2.38. The number of carbonyl (C=O) groups excluding carboxylic acids is 1. The van der Waals surface area contributed by atoms with E-state index in [4.69, 9.17) is 0 Å². The molecule has 3 heteroatoms. The van der Waals surface area contributed by atoms with E-state index < -0.39 is 6.10 Å². The van der Waals surface area contributed by atoms with Crippen LogP contribution in [0.25, 0.3) is 0 Å². The molecular weight excluding hydrogens is 238 g/mol. The molecule has 0 spiro atoms. The van der Waals surface area contributed by atoms with Crippen molar-refractivity contribution < 1.29 is 9.90 Å². The van der Waals surface area contributed by atoms with Gasteiger partial charge in [0.05, 0.1) is 12.0 Å². The smallest absolute Gasteiger partial charge is 0.225 e. The summed E-state index contributed by atoms with van der Waals surface area (Å²) in [6.45, 7) is 4.81. The molecule has 3 nitrogen and oxygen atoms in total. The van der Waals surface area contributed by atoms with Crippen LogP contribution in [0, 0.1) is 12.8 Å². The van der Waals surface area contributed by atoms with Crippen LogP contribution in [-0.4, -0.2) is 23.7 Å². The Labute approximate surface area is 115 Å². The maximum absolute atomic E-state index is 12.0. The Morgan fingerprint density at radius 1 is 1.47 bits per heavy atom. The average molecular weight is 261 g/mol. The molecule has 0 aliphatic heterocycles. The van der Waals surface area contributed by atoms with Gasteiger partial charge in [-0.05, 0) is 37.7 Å². The van der Waals surface area contributed by atoms with Gasteiger partial charge in [-0.15, -0.1) is 0 Å². The maximum Gasteiger partial charge on any atom is 0.225 e. The fraction of sp³-hybridized carbons (Fsp3) is 0.562. The number of carbonyl (C=O) groups is 1. The largest absolute Gasteiger partial charge is 0.392 e. The number of rotatable bonds is 4. The molecule has 1 amide bonds. The number of aliphatic hydroxyl groups excluding tert-OH is 1. The molecule has 0 bridgehead atoms. The lowest BCUT2D eigenvalue weighted by Crippen LogP contribution is -2.36. The number of nitrogens with one attached hydrogen (secondary N) is 1. The quantitative estimate of drug-likeness (QED) is 0.874. The van der Waals surface area contributed by atoms with Crippen LogP contribution < -0.4 is 5.32 Å². The first kappa shape index (κ1) is 14.1. The predicted molar refractivity (Wildman–Crippen MR) is 76.0 cm³/mol. The van der Waals surface area contributed by atoms with Crippen LogP contribution in [-0.2, 0) is 4.79 Å². The molecule has 1 aliphatic carbocycles. The van der Waals surface area contributed by atoms with Crippen molar-refractivity contribution in [3.63, 3.8) is 0 Å². The maximum atomic E-state index is 12.0. The zero-order chi connectivity index (χ0) is 13.8. The molecule has 1 fully saturated rings. The molecule has 2 rings (SSSR count). The van der Waals surface area contributed by atoms with Gasteiger partial charge in [-0.2, -0.15) is 0 Å². The summed E-state index contributed by atoms with van der Waals surface area (Å²) in [6, 6.07) is 8.36. The highest BCUT2D eigenvalue weighted by Gasteiger charge is 2.31. The van der Waals surface area contributed by atoms with E-state index in [1.165, 1.54) is 11.1 Å². The van der Waals surface area contributed by atoms with Gasteiger partial charge >= 0.3 is 0 Å². The number of hydrogen-bond donors (Lipinski definition) is 2. The molecule has 104 valence electrons. The number of hydrogen-bond acceptors (Lipinski definition) is 2. The number of amides is 1. The van der Waals surface area contributed by atoms with Crippen LogP contribution in [0.5, 0.6) is 0 Å². The lowest BCUT2D eigenvalue weighted by molar-refractivity contribution is -0.127. The summed E-state index contributed by atoms with van der Waals surface area (Å²) in [4.78, 5) is 12.0. The SMILES string of the molecule is Cc1cccc(C(C)CNC(=O)C2CCCC2O)c1. The van der Waals surface area contributed by atoms with Crippen molar-refractivity contribution in [2.75, 3.05) is 6.54 Å². The van der Waals surface area contributed by atoms with Gasteiger partial charge in [-0.25, -0.2) is 0 Å². The van der Waals surface area contributed by atoms with E-state index in [0.29, 0.717) is 12.5 Å². The van der Waals surface area contributed by atoms with Gasteiger partial charge in [0.2, 0.25) is 5.91 Å². The second-order valence-corrected chi connectivity index (χ2v) is 5.67. The van der Waals surface area contributed by atoms with Crippen molar-refractivity contribution in [3.05, 3.63) is 35.4 Å². The summed E-state index contributed by atoms with van der Waals surface area (Å²) in [5, 5.41) is 12.7. The van der Waals surface area contributed by atoms with E-state index in [9.17, 15) is 9.90 Å². The van der Waals surface area contributed by atoms with Crippen LogP contribution in [0.15, 0.2) is 24.3 Å². The zero-order valence-electron chi connectivity index (χ0n) is 11.7. The molecule has 0 heterocycles. The highest BCUT2D eigenvalue weighted by molar-refractivity contribution is 5.79. The second-order valence-electron chi connectivity index (χ2n) is 5.67. The Hall–Kier alpha value is -1.35. The number of aliphatic hydroxyl groups is 1. The summed E-state index contributed by atoms with van der Waals surface area (Å²) >= 11 is 0. The molecule has 1 aromatic rings. The summed E-state index contributed by atoms with van der Waals surface area (Å²) in [5.74, 6) is 0.0941. The van der Waals surface area contributed by atoms with Crippen molar-refractivity contribution in [2.24, 2.45) is 5.92 Å². The highest BCUT2D eigenvalue weighted by Crippen LogP contribution is 2.25. The van der Waals surface area contributed by atoms with Crippen LogP contribution >= 0.6 is 0 Å². The van der Waals surface area contributed by atoms with Gasteiger partial charge in [0, 0.05) is 6.54 Å². The molecule has 1 aromatic carbocycles. The Bertz CT molecular complexity index is 444. The zero-order valence-corrected chi connectivity index (χ0v) is 11.7. The van der Waals surface area contributed by atoms with Crippen molar-refractivity contribution in [1.29, 1.82) is 0 Å². The minimum absolute atomic E-state index is 0.00417. The van der Waals surface area contributed by atoms with Crippen LogP contribution in [0.2, 0.25) is 0 Å². The fourth-order valence-electron chi connectivity index (χ4n) is 2.73. The van der Waals surface area contributed by atoms with E-state index in [0.717, 1.165) is 19.3 Å². The van der Waals surface area contributed by atoms with E-state index in [1.54, 1.807) is 0 Å². The van der Waals surface area contributed by atoms with Crippen LogP contribution in [0.3, 0.4) is 0 Å². The fourth-order valence-corrected chi connectivity index (χ4v) is 2.73. The second kappa shape index (κ2) is 6.20. The number of aryl methyl sites for hydroxylation is 1. The standard InChI is InChI=1S/C16H23NO2/c1-11-5-3-6-13(9-11)12(2)10-17-16(19)14-7-4-8-15(14)18/h3,5-6,9,12,14-15,18H,4,7-8,10H2,1-2H3,(H,17,19). The third kappa shape index (κ3) is 3.57. The first-order valence-electron chi connectivity index (χ1n) is 7.10. The van der Waals surface area contributed by atoms with E-state index in [1.807, 2.05) is 6.07 Å². The minimum atomic E-state index is -0.450. The van der Waals surface area contributed by atoms with E-state index in [-0.39, 0.29) is 11.8 Å².